The molecule has 3 rings (SSSR count). The number of nitriles is 1. The number of pyridine rings is 1. The van der Waals surface area contributed by atoms with Crippen LogP contribution in [0.15, 0.2) is 54.7 Å². The molecule has 0 unspecified atom stereocenters. The van der Waals surface area contributed by atoms with Crippen molar-refractivity contribution in [3.63, 3.8) is 0 Å². The molecule has 0 radical (unpaired) electrons. The van der Waals surface area contributed by atoms with E-state index in [1.165, 1.54) is 0 Å². The van der Waals surface area contributed by atoms with Gasteiger partial charge in [-0.2, -0.15) is 5.26 Å². The maximum absolute atomic E-state index is 8.92. The molecule has 0 aliphatic carbocycles. The Kier molecular flexibility index (Phi) is 3.06. The van der Waals surface area contributed by atoms with Crippen LogP contribution in [0.1, 0.15) is 11.1 Å². The van der Waals surface area contributed by atoms with Gasteiger partial charge in [-0.15, -0.1) is 0 Å². The molecule has 3 aromatic rings. The molecular weight excluding hydrogens is 248 g/mol. The lowest BCUT2D eigenvalue weighted by Gasteiger charge is -2.08. The molecule has 0 aliphatic rings. The van der Waals surface area contributed by atoms with Gasteiger partial charge in [0.2, 0.25) is 0 Å². The van der Waals surface area contributed by atoms with E-state index >= 15 is 0 Å². The zero-order valence-corrected chi connectivity index (χ0v) is 11.0. The van der Waals surface area contributed by atoms with Crippen LogP contribution in [0.2, 0.25) is 0 Å². The Labute approximate surface area is 117 Å². The van der Waals surface area contributed by atoms with Crippen molar-refractivity contribution in [3.05, 3.63) is 65.9 Å². The van der Waals surface area contributed by atoms with Gasteiger partial charge in [-0.3, -0.25) is 4.98 Å². The highest BCUT2D eigenvalue weighted by Gasteiger charge is 2.03. The van der Waals surface area contributed by atoms with Crippen molar-refractivity contribution in [2.75, 3.05) is 0 Å². The Morgan fingerprint density at radius 2 is 1.85 bits per heavy atom. The van der Waals surface area contributed by atoms with Gasteiger partial charge >= 0.3 is 0 Å². The number of ether oxygens (including phenoxy) is 1. The van der Waals surface area contributed by atoms with Crippen LogP contribution in [0.3, 0.4) is 0 Å². The summed E-state index contributed by atoms with van der Waals surface area (Å²) in [5.74, 6) is 1.46. The van der Waals surface area contributed by atoms with E-state index in [2.05, 4.69) is 11.1 Å². The molecule has 0 saturated carbocycles. The third-order valence-electron chi connectivity index (χ3n) is 3.13. The van der Waals surface area contributed by atoms with E-state index in [1.54, 1.807) is 18.3 Å². The van der Waals surface area contributed by atoms with Gasteiger partial charge in [-0.1, -0.05) is 6.07 Å². The standard InChI is InChI=1S/C17H12N2O/c1-12-9-15(7-5-14(12)11-18)20-16-6-4-13-3-2-8-19-17(13)10-16/h2-10H,1H3. The van der Waals surface area contributed by atoms with Crippen molar-refractivity contribution in [1.82, 2.24) is 4.98 Å². The van der Waals surface area contributed by atoms with Gasteiger partial charge in [0.15, 0.2) is 0 Å². The number of hydrogen-bond donors (Lipinski definition) is 0. The number of nitrogens with zero attached hydrogens (tertiary/aromatic N) is 2. The van der Waals surface area contributed by atoms with Gasteiger partial charge in [-0.05, 0) is 48.9 Å². The second-order valence-corrected chi connectivity index (χ2v) is 4.55. The second kappa shape index (κ2) is 5.02. The molecule has 0 spiro atoms. The lowest BCUT2D eigenvalue weighted by molar-refractivity contribution is 0.483. The van der Waals surface area contributed by atoms with Crippen molar-refractivity contribution in [2.45, 2.75) is 6.92 Å². The summed E-state index contributed by atoms with van der Waals surface area (Å²) in [6, 6.07) is 17.3. The Balaban J connectivity index is 1.93. The summed E-state index contributed by atoms with van der Waals surface area (Å²) in [7, 11) is 0. The zero-order chi connectivity index (χ0) is 13.9. The Morgan fingerprint density at radius 1 is 1.05 bits per heavy atom. The van der Waals surface area contributed by atoms with E-state index < -0.39 is 0 Å². The molecule has 96 valence electrons. The van der Waals surface area contributed by atoms with E-state index in [-0.39, 0.29) is 0 Å². The highest BCUT2D eigenvalue weighted by Crippen LogP contribution is 2.26. The van der Waals surface area contributed by atoms with Crippen LogP contribution in [0.25, 0.3) is 10.9 Å². The molecule has 0 aliphatic heterocycles. The van der Waals surface area contributed by atoms with Gasteiger partial charge in [0, 0.05) is 17.6 Å². The minimum absolute atomic E-state index is 0.664. The van der Waals surface area contributed by atoms with Crippen molar-refractivity contribution >= 4 is 10.9 Å². The summed E-state index contributed by atoms with van der Waals surface area (Å²) in [6.45, 7) is 1.90. The Morgan fingerprint density at radius 3 is 2.65 bits per heavy atom. The maximum atomic E-state index is 8.92. The molecule has 2 aromatic carbocycles. The Hall–Kier alpha value is -2.86. The minimum atomic E-state index is 0.664. The first kappa shape index (κ1) is 12.2. The normalized spacial score (nSPS) is 10.2. The van der Waals surface area contributed by atoms with Crippen molar-refractivity contribution in [1.29, 1.82) is 5.26 Å². The molecule has 3 heteroatoms. The largest absolute Gasteiger partial charge is 0.457 e. The van der Waals surface area contributed by atoms with Gasteiger partial charge in [0.1, 0.15) is 11.5 Å². The fourth-order valence-corrected chi connectivity index (χ4v) is 2.07. The summed E-state index contributed by atoms with van der Waals surface area (Å²) in [4.78, 5) is 4.31. The summed E-state index contributed by atoms with van der Waals surface area (Å²) in [5, 5.41) is 10.00. The van der Waals surface area contributed by atoms with Crippen LogP contribution in [0.5, 0.6) is 11.5 Å². The molecule has 0 fully saturated rings. The van der Waals surface area contributed by atoms with Gasteiger partial charge in [0.05, 0.1) is 17.1 Å². The molecule has 0 bridgehead atoms. The lowest BCUT2D eigenvalue weighted by Crippen LogP contribution is -1.88. The van der Waals surface area contributed by atoms with Crippen LogP contribution in [0.4, 0.5) is 0 Å². The van der Waals surface area contributed by atoms with E-state index in [0.29, 0.717) is 5.56 Å². The predicted molar refractivity (Wildman–Crippen MR) is 77.7 cm³/mol. The fourth-order valence-electron chi connectivity index (χ4n) is 2.07. The molecule has 20 heavy (non-hydrogen) atoms. The topological polar surface area (TPSA) is 45.9 Å². The third kappa shape index (κ3) is 2.32. The molecule has 0 N–H and O–H groups in total. The first-order valence-electron chi connectivity index (χ1n) is 6.30. The number of rotatable bonds is 2. The smallest absolute Gasteiger partial charge is 0.129 e. The fraction of sp³-hybridized carbons (Fsp3) is 0.0588. The minimum Gasteiger partial charge on any atom is -0.457 e. The second-order valence-electron chi connectivity index (χ2n) is 4.55. The van der Waals surface area contributed by atoms with Crippen LogP contribution >= 0.6 is 0 Å². The van der Waals surface area contributed by atoms with E-state index in [1.807, 2.05) is 43.3 Å². The van der Waals surface area contributed by atoms with Crippen molar-refractivity contribution < 1.29 is 4.74 Å². The number of hydrogen-bond acceptors (Lipinski definition) is 3. The van der Waals surface area contributed by atoms with Gasteiger partial charge in [0.25, 0.3) is 0 Å². The average molecular weight is 260 g/mol. The van der Waals surface area contributed by atoms with Crippen LogP contribution in [-0.4, -0.2) is 4.98 Å². The molecule has 0 atom stereocenters. The molecule has 3 nitrogen and oxygen atoms in total. The molecule has 0 amide bonds. The zero-order valence-electron chi connectivity index (χ0n) is 11.0. The number of aryl methyl sites for hydroxylation is 1. The van der Waals surface area contributed by atoms with E-state index in [9.17, 15) is 0 Å². The predicted octanol–water partition coefficient (Wildman–Crippen LogP) is 4.21. The molecule has 1 heterocycles. The van der Waals surface area contributed by atoms with E-state index in [4.69, 9.17) is 10.00 Å². The highest BCUT2D eigenvalue weighted by molar-refractivity contribution is 5.79. The maximum Gasteiger partial charge on any atom is 0.129 e. The highest BCUT2D eigenvalue weighted by atomic mass is 16.5. The first-order chi connectivity index (χ1) is 9.76. The molecule has 1 aromatic heterocycles. The third-order valence-corrected chi connectivity index (χ3v) is 3.13. The van der Waals surface area contributed by atoms with Crippen LogP contribution in [0, 0.1) is 18.3 Å². The lowest BCUT2D eigenvalue weighted by atomic mass is 10.1. The van der Waals surface area contributed by atoms with E-state index in [0.717, 1.165) is 28.0 Å². The Bertz CT molecular complexity index is 819. The molecular formula is C17H12N2O. The van der Waals surface area contributed by atoms with Crippen LogP contribution in [-0.2, 0) is 0 Å². The number of benzene rings is 2. The first-order valence-corrected chi connectivity index (χ1v) is 6.30. The summed E-state index contributed by atoms with van der Waals surface area (Å²) in [6.07, 6.45) is 1.76. The number of fused-ring (bicyclic) bond motifs is 1. The summed E-state index contributed by atoms with van der Waals surface area (Å²) in [5.41, 5.74) is 2.47. The average Bonchev–Trinajstić information content (AvgIpc) is 2.47. The van der Waals surface area contributed by atoms with Crippen molar-refractivity contribution in [2.24, 2.45) is 0 Å². The quantitative estimate of drug-likeness (QED) is 0.693. The number of aromatic nitrogens is 1. The van der Waals surface area contributed by atoms with Crippen LogP contribution < -0.4 is 4.74 Å². The monoisotopic (exact) mass is 260 g/mol. The van der Waals surface area contributed by atoms with Gasteiger partial charge < -0.3 is 4.74 Å². The summed E-state index contributed by atoms with van der Waals surface area (Å²) >= 11 is 0. The summed E-state index contributed by atoms with van der Waals surface area (Å²) < 4.78 is 5.82. The molecule has 0 saturated heterocycles. The van der Waals surface area contributed by atoms with Crippen molar-refractivity contribution in [3.8, 4) is 17.6 Å². The SMILES string of the molecule is Cc1cc(Oc2ccc3cccnc3c2)ccc1C#N. The van der Waals surface area contributed by atoms with Gasteiger partial charge in [-0.25, -0.2) is 0 Å².